The summed E-state index contributed by atoms with van der Waals surface area (Å²) in [4.78, 5) is 0. The van der Waals surface area contributed by atoms with E-state index in [-0.39, 0.29) is 0 Å². The van der Waals surface area contributed by atoms with Crippen LogP contribution in [0.3, 0.4) is 0 Å². The first-order valence-electron chi connectivity index (χ1n) is 13.6. The van der Waals surface area contributed by atoms with Crippen LogP contribution >= 0.6 is 11.3 Å². The first kappa shape index (κ1) is 22.0. The molecule has 2 aromatic heterocycles. The molecule has 0 aliphatic heterocycles. The number of rotatable bonds is 2. The predicted molar refractivity (Wildman–Crippen MR) is 172 cm³/mol. The number of para-hydroxylation sites is 1. The summed E-state index contributed by atoms with van der Waals surface area (Å²) in [5, 5.41) is 9.88. The quantitative estimate of drug-likeness (QED) is 0.218. The molecule has 2 heteroatoms. The largest absolute Gasteiger partial charge is 0.455 e. The Hall–Kier alpha value is -4.92. The lowest BCUT2D eigenvalue weighted by atomic mass is 9.87. The fourth-order valence-electron chi connectivity index (χ4n) is 6.50. The van der Waals surface area contributed by atoms with Crippen molar-refractivity contribution in [1.29, 1.82) is 0 Å². The van der Waals surface area contributed by atoms with E-state index in [1.807, 2.05) is 11.3 Å². The van der Waals surface area contributed by atoms with Gasteiger partial charge in [0.25, 0.3) is 0 Å². The van der Waals surface area contributed by atoms with E-state index >= 15 is 0 Å². The third-order valence-corrected chi connectivity index (χ3v) is 9.47. The standard InChI is InChI=1S/C38H22OS/c1-2-11-24-22-25(21-20-23(24)10-1)34-27-13-3-4-14-28(27)35(36-30-15-5-7-18-32(30)39-37(34)36)31-17-9-16-29-26-12-6-8-19-33(26)40-38(29)31/h1-22H. The molecule has 0 fully saturated rings. The van der Waals surface area contributed by atoms with Crippen LogP contribution in [-0.4, -0.2) is 0 Å². The molecule has 9 rings (SSSR count). The zero-order valence-electron chi connectivity index (χ0n) is 21.5. The van der Waals surface area contributed by atoms with Gasteiger partial charge < -0.3 is 4.42 Å². The summed E-state index contributed by atoms with van der Waals surface area (Å²) in [6.45, 7) is 0. The first-order chi connectivity index (χ1) is 19.8. The number of thiophene rings is 1. The third-order valence-electron chi connectivity index (χ3n) is 8.25. The van der Waals surface area contributed by atoms with Crippen molar-refractivity contribution in [2.45, 2.75) is 0 Å². The topological polar surface area (TPSA) is 13.1 Å². The molecule has 2 heterocycles. The highest BCUT2D eigenvalue weighted by atomic mass is 32.1. The van der Waals surface area contributed by atoms with E-state index in [1.165, 1.54) is 63.8 Å². The molecular weight excluding hydrogens is 504 g/mol. The summed E-state index contributed by atoms with van der Waals surface area (Å²) in [6.07, 6.45) is 0. The van der Waals surface area contributed by atoms with Crippen LogP contribution in [0.2, 0.25) is 0 Å². The highest BCUT2D eigenvalue weighted by molar-refractivity contribution is 7.26. The second kappa shape index (κ2) is 8.29. The molecule has 0 aliphatic rings. The maximum Gasteiger partial charge on any atom is 0.144 e. The van der Waals surface area contributed by atoms with Crippen molar-refractivity contribution in [2.24, 2.45) is 0 Å². The van der Waals surface area contributed by atoms with Crippen molar-refractivity contribution in [3.8, 4) is 22.3 Å². The van der Waals surface area contributed by atoms with Gasteiger partial charge in [0.2, 0.25) is 0 Å². The van der Waals surface area contributed by atoms with E-state index in [0.29, 0.717) is 0 Å². The summed E-state index contributed by atoms with van der Waals surface area (Å²) < 4.78 is 9.43. The maximum atomic E-state index is 6.79. The Morgan fingerprint density at radius 2 is 1.15 bits per heavy atom. The van der Waals surface area contributed by atoms with Crippen LogP contribution in [0.1, 0.15) is 0 Å². The molecule has 0 saturated heterocycles. The summed E-state index contributed by atoms with van der Waals surface area (Å²) in [5.74, 6) is 0. The molecule has 0 spiro atoms. The Morgan fingerprint density at radius 3 is 2.02 bits per heavy atom. The molecule has 7 aromatic carbocycles. The monoisotopic (exact) mass is 526 g/mol. The van der Waals surface area contributed by atoms with Gasteiger partial charge in [-0.3, -0.25) is 0 Å². The Bertz CT molecular complexity index is 2440. The van der Waals surface area contributed by atoms with Gasteiger partial charge in [-0.15, -0.1) is 11.3 Å². The normalized spacial score (nSPS) is 12.0. The summed E-state index contributed by atoms with van der Waals surface area (Å²) in [6, 6.07) is 48.1. The van der Waals surface area contributed by atoms with Crippen LogP contribution in [0.4, 0.5) is 0 Å². The summed E-state index contributed by atoms with van der Waals surface area (Å²) in [5.41, 5.74) is 6.70. The van der Waals surface area contributed by atoms with E-state index < -0.39 is 0 Å². The minimum Gasteiger partial charge on any atom is -0.455 e. The molecule has 0 atom stereocenters. The third kappa shape index (κ3) is 3.03. The molecule has 0 amide bonds. The molecule has 0 aliphatic carbocycles. The maximum absolute atomic E-state index is 6.79. The SMILES string of the molecule is c1ccc2cc(-c3c4ccccc4c(-c4cccc5c4sc4ccccc45)c4c3oc3ccccc34)ccc2c1. The zero-order chi connectivity index (χ0) is 26.2. The highest BCUT2D eigenvalue weighted by Crippen LogP contribution is 2.50. The van der Waals surface area contributed by atoms with Crippen LogP contribution in [-0.2, 0) is 0 Å². The van der Waals surface area contributed by atoms with Gasteiger partial charge in [-0.2, -0.15) is 0 Å². The molecule has 0 bridgehead atoms. The van der Waals surface area contributed by atoms with Crippen molar-refractivity contribution in [3.63, 3.8) is 0 Å². The van der Waals surface area contributed by atoms with E-state index in [9.17, 15) is 0 Å². The first-order valence-corrected chi connectivity index (χ1v) is 14.4. The number of furan rings is 1. The van der Waals surface area contributed by atoms with Crippen LogP contribution in [0.25, 0.3) is 85.9 Å². The zero-order valence-corrected chi connectivity index (χ0v) is 22.3. The molecule has 0 saturated carbocycles. The smallest absolute Gasteiger partial charge is 0.144 e. The molecule has 0 N–H and O–H groups in total. The van der Waals surface area contributed by atoms with Crippen molar-refractivity contribution >= 4 is 75.0 Å². The Balaban J connectivity index is 1.50. The van der Waals surface area contributed by atoms with Gasteiger partial charge in [0.15, 0.2) is 0 Å². The molecule has 1 nitrogen and oxygen atoms in total. The second-order valence-corrected chi connectivity index (χ2v) is 11.5. The molecule has 9 aromatic rings. The Kier molecular flexibility index (Phi) is 4.55. The lowest BCUT2D eigenvalue weighted by Crippen LogP contribution is -1.89. The summed E-state index contributed by atoms with van der Waals surface area (Å²) in [7, 11) is 0. The van der Waals surface area contributed by atoms with Crippen molar-refractivity contribution < 1.29 is 4.42 Å². The minimum atomic E-state index is 0.916. The van der Waals surface area contributed by atoms with Crippen molar-refractivity contribution in [1.82, 2.24) is 0 Å². The summed E-state index contributed by atoms with van der Waals surface area (Å²) >= 11 is 1.88. The minimum absolute atomic E-state index is 0.916. The van der Waals surface area contributed by atoms with Crippen LogP contribution in [0, 0.1) is 0 Å². The molecular formula is C38H22OS. The fraction of sp³-hybridized carbons (Fsp3) is 0. The van der Waals surface area contributed by atoms with Gasteiger partial charge in [-0.05, 0) is 45.3 Å². The average molecular weight is 527 g/mol. The van der Waals surface area contributed by atoms with Gasteiger partial charge in [0.05, 0.1) is 0 Å². The lowest BCUT2D eigenvalue weighted by molar-refractivity contribution is 0.670. The van der Waals surface area contributed by atoms with Gasteiger partial charge in [0, 0.05) is 47.6 Å². The van der Waals surface area contributed by atoms with Gasteiger partial charge in [-0.25, -0.2) is 0 Å². The Morgan fingerprint density at radius 1 is 0.475 bits per heavy atom. The molecule has 186 valence electrons. The van der Waals surface area contributed by atoms with Gasteiger partial charge >= 0.3 is 0 Å². The number of benzene rings is 7. The van der Waals surface area contributed by atoms with E-state index in [0.717, 1.165) is 22.1 Å². The van der Waals surface area contributed by atoms with Gasteiger partial charge in [-0.1, -0.05) is 115 Å². The van der Waals surface area contributed by atoms with Crippen LogP contribution < -0.4 is 0 Å². The van der Waals surface area contributed by atoms with Crippen molar-refractivity contribution in [3.05, 3.63) is 133 Å². The van der Waals surface area contributed by atoms with E-state index in [4.69, 9.17) is 4.42 Å². The Labute approximate surface area is 234 Å². The van der Waals surface area contributed by atoms with Crippen LogP contribution in [0.15, 0.2) is 138 Å². The number of hydrogen-bond acceptors (Lipinski definition) is 2. The number of hydrogen-bond donors (Lipinski definition) is 0. The molecule has 40 heavy (non-hydrogen) atoms. The highest BCUT2D eigenvalue weighted by Gasteiger charge is 2.23. The predicted octanol–water partition coefficient (Wildman–Crippen LogP) is 11.6. The molecule has 0 radical (unpaired) electrons. The lowest BCUT2D eigenvalue weighted by Gasteiger charge is -2.15. The average Bonchev–Trinajstić information content (AvgIpc) is 3.58. The second-order valence-electron chi connectivity index (χ2n) is 10.4. The fourth-order valence-corrected chi connectivity index (χ4v) is 7.72. The van der Waals surface area contributed by atoms with Crippen molar-refractivity contribution in [2.75, 3.05) is 0 Å². The molecule has 0 unspecified atom stereocenters. The van der Waals surface area contributed by atoms with Gasteiger partial charge in [0.1, 0.15) is 11.2 Å². The van der Waals surface area contributed by atoms with E-state index in [1.54, 1.807) is 0 Å². The van der Waals surface area contributed by atoms with E-state index in [2.05, 4.69) is 133 Å². The number of fused-ring (bicyclic) bond motifs is 8. The van der Waals surface area contributed by atoms with Crippen LogP contribution in [0.5, 0.6) is 0 Å².